The fourth-order valence-electron chi connectivity index (χ4n) is 0.329. The summed E-state index contributed by atoms with van der Waals surface area (Å²) in [5.74, 6) is 0. The topological polar surface area (TPSA) is 49.8 Å². The lowest BCUT2D eigenvalue weighted by atomic mass is 10.5. The third-order valence-electron chi connectivity index (χ3n) is 0.672. The van der Waals surface area contributed by atoms with Crippen LogP contribution in [-0.2, 0) is 6.54 Å². The zero-order valence-corrected chi connectivity index (χ0v) is 3.72. The molecule has 1 heterocycles. The Balaban J connectivity index is 2.76. The molecule has 0 amide bonds. The van der Waals surface area contributed by atoms with E-state index in [9.17, 15) is 0 Å². The number of hydrogen-bond donors (Lipinski definition) is 0. The molecule has 1 rings (SSSR count). The van der Waals surface area contributed by atoms with Crippen molar-refractivity contribution in [3.8, 4) is 0 Å². The number of rotatable bonds is 1. The highest BCUT2D eigenvalue weighted by molar-refractivity contribution is 4.92. The molecule has 0 aliphatic rings. The Morgan fingerprint density at radius 2 is 2.71 bits per heavy atom. The van der Waals surface area contributed by atoms with E-state index in [0.717, 1.165) is 0 Å². The van der Waals surface area contributed by atoms with Crippen molar-refractivity contribution >= 4 is 0 Å². The van der Waals surface area contributed by atoms with Crippen LogP contribution in [-0.4, -0.2) is 5.16 Å². The fraction of sp³-hybridized carbons (Fsp3) is 0.250. The van der Waals surface area contributed by atoms with E-state index in [1.807, 2.05) is 0 Å². The summed E-state index contributed by atoms with van der Waals surface area (Å²) in [4.78, 5) is 0. The van der Waals surface area contributed by atoms with E-state index in [-0.39, 0.29) is 6.54 Å². The van der Waals surface area contributed by atoms with Crippen LogP contribution in [0.5, 0.6) is 0 Å². The van der Waals surface area contributed by atoms with Gasteiger partial charge >= 0.3 is 0 Å². The normalized spacial score (nSPS) is 9.29. The van der Waals surface area contributed by atoms with Crippen LogP contribution in [0.3, 0.4) is 0 Å². The van der Waals surface area contributed by atoms with E-state index in [1.165, 1.54) is 6.26 Å². The van der Waals surface area contributed by atoms with Crippen molar-refractivity contribution in [1.82, 2.24) is 10.9 Å². The van der Waals surface area contributed by atoms with Gasteiger partial charge in [0.15, 0.2) is 0 Å². The second-order valence-electron chi connectivity index (χ2n) is 1.17. The van der Waals surface area contributed by atoms with E-state index in [4.69, 9.17) is 5.73 Å². The number of hydrogen-bond acceptors (Lipinski definition) is 2. The lowest BCUT2D eigenvalue weighted by Gasteiger charge is -1.74. The Labute approximate surface area is 41.1 Å². The van der Waals surface area contributed by atoms with Crippen molar-refractivity contribution in [2.75, 3.05) is 0 Å². The van der Waals surface area contributed by atoms with Gasteiger partial charge in [-0.15, -0.1) is 0 Å². The molecular weight excluding hydrogens is 92.1 g/mol. The van der Waals surface area contributed by atoms with E-state index in [1.54, 1.807) is 6.07 Å². The SMILES string of the molecule is [NH]Cc1ccon1. The zero-order valence-electron chi connectivity index (χ0n) is 3.72. The first-order valence-corrected chi connectivity index (χ1v) is 1.97. The van der Waals surface area contributed by atoms with Gasteiger partial charge in [0.1, 0.15) is 6.26 Å². The molecule has 0 aliphatic heterocycles. The summed E-state index contributed by atoms with van der Waals surface area (Å²) in [6, 6.07) is 1.67. The highest BCUT2D eigenvalue weighted by atomic mass is 16.5. The highest BCUT2D eigenvalue weighted by Gasteiger charge is 1.87. The predicted octanol–water partition coefficient (Wildman–Crippen LogP) is 0.457. The predicted molar refractivity (Wildman–Crippen MR) is 23.3 cm³/mol. The highest BCUT2D eigenvalue weighted by Crippen LogP contribution is 1.89. The Morgan fingerprint density at radius 3 is 3.00 bits per heavy atom. The van der Waals surface area contributed by atoms with Crippen molar-refractivity contribution in [3.63, 3.8) is 0 Å². The molecule has 1 N–H and O–H groups in total. The fourth-order valence-corrected chi connectivity index (χ4v) is 0.329. The van der Waals surface area contributed by atoms with Gasteiger partial charge in [-0.25, -0.2) is 0 Å². The molecule has 0 spiro atoms. The lowest BCUT2D eigenvalue weighted by molar-refractivity contribution is 0.411. The first-order chi connectivity index (χ1) is 3.43. The van der Waals surface area contributed by atoms with E-state index in [2.05, 4.69) is 9.68 Å². The Bertz CT molecular complexity index is 124. The molecular formula is C4H5N2O. The Kier molecular flexibility index (Phi) is 1.08. The summed E-state index contributed by atoms with van der Waals surface area (Å²) in [5, 5.41) is 3.47. The van der Waals surface area contributed by atoms with Gasteiger partial charge in [-0.3, -0.25) is 5.73 Å². The smallest absolute Gasteiger partial charge is 0.124 e. The minimum absolute atomic E-state index is 0.205. The molecule has 1 aromatic rings. The molecule has 0 fully saturated rings. The van der Waals surface area contributed by atoms with Gasteiger partial charge in [0.05, 0.1) is 12.2 Å². The minimum Gasteiger partial charge on any atom is -0.364 e. The van der Waals surface area contributed by atoms with Crippen LogP contribution >= 0.6 is 0 Å². The van der Waals surface area contributed by atoms with Crippen molar-refractivity contribution in [2.24, 2.45) is 0 Å². The monoisotopic (exact) mass is 97.0 g/mol. The molecule has 0 saturated carbocycles. The summed E-state index contributed by atoms with van der Waals surface area (Å²) >= 11 is 0. The van der Waals surface area contributed by atoms with Gasteiger partial charge in [-0.05, 0) is 0 Å². The van der Waals surface area contributed by atoms with Crippen molar-refractivity contribution in [1.29, 1.82) is 0 Å². The molecule has 3 nitrogen and oxygen atoms in total. The molecule has 1 radical (unpaired) electrons. The van der Waals surface area contributed by atoms with E-state index >= 15 is 0 Å². The van der Waals surface area contributed by atoms with Crippen LogP contribution in [0.15, 0.2) is 16.9 Å². The average molecular weight is 97.1 g/mol. The van der Waals surface area contributed by atoms with Crippen molar-refractivity contribution in [2.45, 2.75) is 6.54 Å². The van der Waals surface area contributed by atoms with Gasteiger partial charge in [0.25, 0.3) is 0 Å². The molecule has 3 heteroatoms. The number of nitrogens with one attached hydrogen (secondary N) is 1. The van der Waals surface area contributed by atoms with Crippen LogP contribution in [0.1, 0.15) is 5.69 Å². The van der Waals surface area contributed by atoms with Gasteiger partial charge in [-0.2, -0.15) is 0 Å². The maximum Gasteiger partial charge on any atom is 0.124 e. The maximum atomic E-state index is 6.74. The summed E-state index contributed by atoms with van der Waals surface area (Å²) in [6.45, 7) is 0.205. The molecule has 1 aromatic heterocycles. The summed E-state index contributed by atoms with van der Waals surface area (Å²) in [6.07, 6.45) is 1.46. The van der Waals surface area contributed by atoms with Gasteiger partial charge in [0, 0.05) is 6.07 Å². The van der Waals surface area contributed by atoms with Crippen LogP contribution < -0.4 is 5.73 Å². The third kappa shape index (κ3) is 0.778. The Morgan fingerprint density at radius 1 is 1.86 bits per heavy atom. The number of nitrogens with zero attached hydrogens (tertiary/aromatic N) is 1. The Hall–Kier alpha value is -0.830. The first kappa shape index (κ1) is 4.33. The van der Waals surface area contributed by atoms with E-state index < -0.39 is 0 Å². The van der Waals surface area contributed by atoms with Crippen molar-refractivity contribution in [3.05, 3.63) is 18.0 Å². The number of aromatic nitrogens is 1. The quantitative estimate of drug-likeness (QED) is 0.511. The van der Waals surface area contributed by atoms with E-state index in [0.29, 0.717) is 5.69 Å². The maximum absolute atomic E-state index is 6.74. The van der Waals surface area contributed by atoms with Crippen LogP contribution in [0, 0.1) is 0 Å². The average Bonchev–Trinajstić information content (AvgIpc) is 2.14. The molecule has 0 bridgehead atoms. The van der Waals surface area contributed by atoms with Crippen LogP contribution in [0.2, 0.25) is 0 Å². The molecule has 0 aromatic carbocycles. The molecule has 0 atom stereocenters. The summed E-state index contributed by atoms with van der Waals surface area (Å²) in [7, 11) is 0. The molecule has 7 heavy (non-hydrogen) atoms. The second-order valence-corrected chi connectivity index (χ2v) is 1.17. The van der Waals surface area contributed by atoms with Crippen molar-refractivity contribution < 1.29 is 4.52 Å². The van der Waals surface area contributed by atoms with Gasteiger partial charge in [-0.1, -0.05) is 5.16 Å². The molecule has 0 saturated heterocycles. The zero-order chi connectivity index (χ0) is 5.11. The third-order valence-corrected chi connectivity index (χ3v) is 0.672. The summed E-state index contributed by atoms with van der Waals surface area (Å²) < 4.78 is 4.44. The van der Waals surface area contributed by atoms with Crippen LogP contribution in [0.4, 0.5) is 0 Å². The minimum atomic E-state index is 0.205. The lowest BCUT2D eigenvalue weighted by Crippen LogP contribution is -1.80. The standard InChI is InChI=1S/C4H5N2O/c5-3-4-1-2-7-6-4/h1-2,5H,3H2. The molecule has 0 aliphatic carbocycles. The van der Waals surface area contributed by atoms with Gasteiger partial charge < -0.3 is 4.52 Å². The molecule has 0 unspecified atom stereocenters. The van der Waals surface area contributed by atoms with Crippen LogP contribution in [0.25, 0.3) is 0 Å². The first-order valence-electron chi connectivity index (χ1n) is 1.97. The summed E-state index contributed by atoms with van der Waals surface area (Å²) in [5.41, 5.74) is 7.42. The largest absolute Gasteiger partial charge is 0.364 e. The van der Waals surface area contributed by atoms with Gasteiger partial charge in [0.2, 0.25) is 0 Å². The second kappa shape index (κ2) is 1.75. The molecule has 37 valence electrons.